The van der Waals surface area contributed by atoms with Crippen molar-refractivity contribution in [1.82, 2.24) is 0 Å². The standard InChI is InChI=1S/C16H13NO3/c17-10-19-12-6-7-15-13(8-12)14(18)9-16(20-15)11-4-2-1-3-5-11/h1-9H,10,17H2. The number of ether oxygens (including phenoxy) is 1. The van der Waals surface area contributed by atoms with Crippen LogP contribution in [0.2, 0.25) is 0 Å². The maximum absolute atomic E-state index is 12.2. The minimum atomic E-state index is -0.104. The first-order valence-electron chi connectivity index (χ1n) is 6.24. The Hall–Kier alpha value is -2.59. The average Bonchev–Trinajstić information content (AvgIpc) is 2.49. The molecule has 100 valence electrons. The number of nitrogens with two attached hydrogens (primary N) is 1. The van der Waals surface area contributed by atoms with Crippen molar-refractivity contribution in [2.75, 3.05) is 6.73 Å². The van der Waals surface area contributed by atoms with E-state index in [9.17, 15) is 4.79 Å². The quantitative estimate of drug-likeness (QED) is 0.741. The van der Waals surface area contributed by atoms with Crippen molar-refractivity contribution in [3.05, 3.63) is 64.8 Å². The van der Waals surface area contributed by atoms with Crippen molar-refractivity contribution in [3.63, 3.8) is 0 Å². The van der Waals surface area contributed by atoms with Gasteiger partial charge < -0.3 is 9.15 Å². The van der Waals surface area contributed by atoms with Gasteiger partial charge in [-0.3, -0.25) is 10.5 Å². The molecule has 4 nitrogen and oxygen atoms in total. The summed E-state index contributed by atoms with van der Waals surface area (Å²) < 4.78 is 11.0. The van der Waals surface area contributed by atoms with Crippen molar-refractivity contribution in [2.45, 2.75) is 0 Å². The van der Waals surface area contributed by atoms with Crippen LogP contribution in [0.15, 0.2) is 63.8 Å². The van der Waals surface area contributed by atoms with Crippen molar-refractivity contribution in [2.24, 2.45) is 5.73 Å². The first-order valence-corrected chi connectivity index (χ1v) is 6.24. The average molecular weight is 267 g/mol. The van der Waals surface area contributed by atoms with Gasteiger partial charge in [0.25, 0.3) is 0 Å². The van der Waals surface area contributed by atoms with Crippen LogP contribution >= 0.6 is 0 Å². The maximum Gasteiger partial charge on any atom is 0.193 e. The van der Waals surface area contributed by atoms with E-state index in [1.54, 1.807) is 18.2 Å². The topological polar surface area (TPSA) is 65.5 Å². The molecule has 20 heavy (non-hydrogen) atoms. The fourth-order valence-corrected chi connectivity index (χ4v) is 2.07. The zero-order valence-corrected chi connectivity index (χ0v) is 10.7. The summed E-state index contributed by atoms with van der Waals surface area (Å²) in [4.78, 5) is 12.2. The molecule has 3 rings (SSSR count). The lowest BCUT2D eigenvalue weighted by Gasteiger charge is -2.05. The SMILES string of the molecule is NCOc1ccc2oc(-c3ccccc3)cc(=O)c2c1. The summed E-state index contributed by atoms with van der Waals surface area (Å²) in [7, 11) is 0. The summed E-state index contributed by atoms with van der Waals surface area (Å²) in [6.45, 7) is 0.0684. The third-order valence-corrected chi connectivity index (χ3v) is 3.01. The molecule has 1 heterocycles. The number of rotatable bonds is 3. The number of benzene rings is 2. The maximum atomic E-state index is 12.2. The van der Waals surface area contributed by atoms with Crippen molar-refractivity contribution in [1.29, 1.82) is 0 Å². The normalized spacial score (nSPS) is 10.7. The molecule has 0 amide bonds. The van der Waals surface area contributed by atoms with Crippen molar-refractivity contribution < 1.29 is 9.15 Å². The highest BCUT2D eigenvalue weighted by molar-refractivity contribution is 5.80. The predicted octanol–water partition coefficient (Wildman–Crippen LogP) is 2.76. The third-order valence-electron chi connectivity index (χ3n) is 3.01. The van der Waals surface area contributed by atoms with Gasteiger partial charge in [-0.15, -0.1) is 0 Å². The van der Waals surface area contributed by atoms with Crippen LogP contribution in [0.1, 0.15) is 0 Å². The molecule has 0 atom stereocenters. The first-order chi connectivity index (χ1) is 9.78. The Bertz CT molecular complexity index is 794. The summed E-state index contributed by atoms with van der Waals surface area (Å²) >= 11 is 0. The molecule has 1 aromatic heterocycles. The zero-order chi connectivity index (χ0) is 13.9. The molecule has 2 aromatic carbocycles. The van der Waals surface area contributed by atoms with E-state index in [2.05, 4.69) is 0 Å². The fourth-order valence-electron chi connectivity index (χ4n) is 2.07. The Labute approximate surface area is 115 Å². The first kappa shape index (κ1) is 12.4. The lowest BCUT2D eigenvalue weighted by atomic mass is 10.1. The minimum absolute atomic E-state index is 0.0684. The highest BCUT2D eigenvalue weighted by atomic mass is 16.5. The van der Waals surface area contributed by atoms with Gasteiger partial charge in [0.15, 0.2) is 5.43 Å². The van der Waals surface area contributed by atoms with Crippen LogP contribution in [-0.4, -0.2) is 6.73 Å². The highest BCUT2D eigenvalue weighted by Gasteiger charge is 2.07. The van der Waals surface area contributed by atoms with E-state index in [0.29, 0.717) is 22.5 Å². The van der Waals surface area contributed by atoms with Crippen molar-refractivity contribution in [3.8, 4) is 17.1 Å². The van der Waals surface area contributed by atoms with E-state index in [1.165, 1.54) is 6.07 Å². The molecule has 0 fully saturated rings. The Morgan fingerprint density at radius 3 is 2.60 bits per heavy atom. The van der Waals surface area contributed by atoms with E-state index in [4.69, 9.17) is 14.9 Å². The summed E-state index contributed by atoms with van der Waals surface area (Å²) in [5.41, 5.74) is 6.61. The monoisotopic (exact) mass is 267 g/mol. The summed E-state index contributed by atoms with van der Waals surface area (Å²) in [5, 5.41) is 0.482. The predicted molar refractivity (Wildman–Crippen MR) is 77.6 cm³/mol. The van der Waals surface area contributed by atoms with Gasteiger partial charge in [-0.25, -0.2) is 0 Å². The lowest BCUT2D eigenvalue weighted by molar-refractivity contribution is 0.330. The van der Waals surface area contributed by atoms with Gasteiger partial charge in [0.2, 0.25) is 0 Å². The second-order valence-corrected chi connectivity index (χ2v) is 4.31. The molecule has 4 heteroatoms. The second-order valence-electron chi connectivity index (χ2n) is 4.31. The van der Waals surface area contributed by atoms with E-state index in [-0.39, 0.29) is 12.2 Å². The van der Waals surface area contributed by atoms with Gasteiger partial charge in [0.1, 0.15) is 23.8 Å². The van der Waals surface area contributed by atoms with E-state index in [1.807, 2.05) is 30.3 Å². The molecule has 3 aromatic rings. The highest BCUT2D eigenvalue weighted by Crippen LogP contribution is 2.24. The van der Waals surface area contributed by atoms with E-state index in [0.717, 1.165) is 5.56 Å². The molecule has 0 bridgehead atoms. The molecule has 0 saturated carbocycles. The molecule has 0 aliphatic rings. The summed E-state index contributed by atoms with van der Waals surface area (Å²) in [6.07, 6.45) is 0. The molecule has 0 saturated heterocycles. The molecule has 2 N–H and O–H groups in total. The molecule has 0 spiro atoms. The number of fused-ring (bicyclic) bond motifs is 1. The number of hydrogen-bond acceptors (Lipinski definition) is 4. The third kappa shape index (κ3) is 2.29. The van der Waals surface area contributed by atoms with Crippen LogP contribution in [0.4, 0.5) is 0 Å². The largest absolute Gasteiger partial charge is 0.479 e. The van der Waals surface area contributed by atoms with Crippen LogP contribution in [0.25, 0.3) is 22.3 Å². The van der Waals surface area contributed by atoms with Crippen LogP contribution in [0, 0.1) is 0 Å². The lowest BCUT2D eigenvalue weighted by Crippen LogP contribution is -2.08. The fraction of sp³-hybridized carbons (Fsp3) is 0.0625. The molecule has 0 aliphatic heterocycles. The molecular weight excluding hydrogens is 254 g/mol. The summed E-state index contributed by atoms with van der Waals surface area (Å²) in [5.74, 6) is 1.11. The smallest absolute Gasteiger partial charge is 0.193 e. The Morgan fingerprint density at radius 2 is 1.85 bits per heavy atom. The zero-order valence-electron chi connectivity index (χ0n) is 10.7. The summed E-state index contributed by atoms with van der Waals surface area (Å²) in [6, 6.07) is 16.1. The van der Waals surface area contributed by atoms with Crippen molar-refractivity contribution >= 4 is 11.0 Å². The van der Waals surface area contributed by atoms with Crippen LogP contribution < -0.4 is 15.9 Å². The van der Waals surface area contributed by atoms with E-state index >= 15 is 0 Å². The van der Waals surface area contributed by atoms with Gasteiger partial charge in [0, 0.05) is 11.6 Å². The van der Waals surface area contributed by atoms with Gasteiger partial charge in [0.05, 0.1) is 5.39 Å². The minimum Gasteiger partial charge on any atom is -0.479 e. The van der Waals surface area contributed by atoms with Gasteiger partial charge in [-0.2, -0.15) is 0 Å². The molecule has 0 unspecified atom stereocenters. The molecular formula is C16H13NO3. The van der Waals surface area contributed by atoms with Crippen LogP contribution in [-0.2, 0) is 0 Å². The van der Waals surface area contributed by atoms with Crippen LogP contribution in [0.5, 0.6) is 5.75 Å². The molecule has 0 aliphatic carbocycles. The second kappa shape index (κ2) is 5.19. The Balaban J connectivity index is 2.16. The number of hydrogen-bond donors (Lipinski definition) is 1. The van der Waals surface area contributed by atoms with Gasteiger partial charge >= 0.3 is 0 Å². The van der Waals surface area contributed by atoms with E-state index < -0.39 is 0 Å². The van der Waals surface area contributed by atoms with Gasteiger partial charge in [-0.05, 0) is 18.2 Å². The molecule has 0 radical (unpaired) electrons. The Kier molecular flexibility index (Phi) is 3.23. The Morgan fingerprint density at radius 1 is 1.05 bits per heavy atom. The van der Waals surface area contributed by atoms with Crippen LogP contribution in [0.3, 0.4) is 0 Å². The van der Waals surface area contributed by atoms with Gasteiger partial charge in [-0.1, -0.05) is 30.3 Å².